The molecule has 0 spiro atoms. The number of rotatable bonds is 3. The average Bonchev–Trinajstić information content (AvgIpc) is 2.31. The molecule has 1 aromatic rings. The molecule has 6 heteroatoms. The average molecular weight is 285 g/mol. The highest BCUT2D eigenvalue weighted by Crippen LogP contribution is 2.34. The number of nitrogens with one attached hydrogen (secondary N) is 1. The van der Waals surface area contributed by atoms with Crippen LogP contribution >= 0.6 is 12.2 Å². The van der Waals surface area contributed by atoms with Gasteiger partial charge in [-0.1, -0.05) is 12.2 Å². The van der Waals surface area contributed by atoms with Crippen molar-refractivity contribution in [3.63, 3.8) is 0 Å². The van der Waals surface area contributed by atoms with Gasteiger partial charge in [0, 0.05) is 18.9 Å². The minimum atomic E-state index is -2.51. The van der Waals surface area contributed by atoms with Crippen molar-refractivity contribution in [3.05, 3.63) is 23.4 Å². The summed E-state index contributed by atoms with van der Waals surface area (Å²) < 4.78 is 26.1. The van der Waals surface area contributed by atoms with Gasteiger partial charge in [-0.05, 0) is 37.5 Å². The Bertz CT molecular complexity index is 481. The minimum Gasteiger partial charge on any atom is -0.388 e. The second-order valence-electron chi connectivity index (χ2n) is 5.05. The Morgan fingerprint density at radius 1 is 1.42 bits per heavy atom. The number of nitrogens with two attached hydrogens (primary N) is 1. The van der Waals surface area contributed by atoms with Crippen LogP contribution in [0.15, 0.2) is 12.1 Å². The number of aryl methyl sites for hydroxylation is 1. The fourth-order valence-corrected chi connectivity index (χ4v) is 2.37. The predicted molar refractivity (Wildman–Crippen MR) is 75.7 cm³/mol. The van der Waals surface area contributed by atoms with Crippen LogP contribution in [0.5, 0.6) is 0 Å². The van der Waals surface area contributed by atoms with Crippen LogP contribution in [0.25, 0.3) is 0 Å². The highest BCUT2D eigenvalue weighted by atomic mass is 32.1. The first-order valence-corrected chi connectivity index (χ1v) is 6.69. The van der Waals surface area contributed by atoms with Crippen LogP contribution in [-0.2, 0) is 0 Å². The maximum absolute atomic E-state index is 13.1. The molecule has 0 atom stereocenters. The molecule has 0 saturated heterocycles. The summed E-state index contributed by atoms with van der Waals surface area (Å²) in [6.45, 7) is 1.92. The van der Waals surface area contributed by atoms with Crippen LogP contribution in [0, 0.1) is 6.92 Å². The molecule has 0 radical (unpaired) electrons. The van der Waals surface area contributed by atoms with E-state index in [9.17, 15) is 8.78 Å². The standard InChI is InChI=1S/C13H17F2N3S/c1-8-6-10(12(16)19)18-11(7-8)17-9-2-4-13(14,15)5-3-9/h6-7,9H,2-5H2,1H3,(H2,16,19)(H,17,18). The lowest BCUT2D eigenvalue weighted by atomic mass is 9.92. The van der Waals surface area contributed by atoms with E-state index in [2.05, 4.69) is 10.3 Å². The van der Waals surface area contributed by atoms with Crippen LogP contribution in [0.2, 0.25) is 0 Å². The van der Waals surface area contributed by atoms with Crippen LogP contribution in [0.4, 0.5) is 14.6 Å². The van der Waals surface area contributed by atoms with Gasteiger partial charge in [0.2, 0.25) is 5.92 Å². The minimum absolute atomic E-state index is 0.0353. The Morgan fingerprint density at radius 2 is 2.05 bits per heavy atom. The van der Waals surface area contributed by atoms with E-state index in [1.54, 1.807) is 0 Å². The topological polar surface area (TPSA) is 50.9 Å². The zero-order valence-electron chi connectivity index (χ0n) is 10.7. The van der Waals surface area contributed by atoms with E-state index < -0.39 is 5.92 Å². The van der Waals surface area contributed by atoms with E-state index in [4.69, 9.17) is 18.0 Å². The lowest BCUT2D eigenvalue weighted by molar-refractivity contribution is -0.0361. The highest BCUT2D eigenvalue weighted by Gasteiger charge is 2.34. The number of halogens is 2. The van der Waals surface area contributed by atoms with E-state index in [-0.39, 0.29) is 23.9 Å². The molecule has 0 amide bonds. The van der Waals surface area contributed by atoms with Crippen molar-refractivity contribution in [2.45, 2.75) is 44.6 Å². The molecule has 1 heterocycles. The highest BCUT2D eigenvalue weighted by molar-refractivity contribution is 7.80. The molecule has 1 aromatic heterocycles. The molecule has 104 valence electrons. The molecular formula is C13H17F2N3S. The zero-order valence-corrected chi connectivity index (χ0v) is 11.6. The molecule has 0 aromatic carbocycles. The second kappa shape index (κ2) is 5.36. The summed E-state index contributed by atoms with van der Waals surface area (Å²) in [7, 11) is 0. The number of pyridine rings is 1. The largest absolute Gasteiger partial charge is 0.388 e. The SMILES string of the molecule is Cc1cc(NC2CCC(F)(F)CC2)nc(C(N)=S)c1. The fraction of sp³-hybridized carbons (Fsp3) is 0.538. The molecule has 3 nitrogen and oxygen atoms in total. The molecule has 0 bridgehead atoms. The monoisotopic (exact) mass is 285 g/mol. The molecule has 3 N–H and O–H groups in total. The maximum Gasteiger partial charge on any atom is 0.248 e. The van der Waals surface area contributed by atoms with Crippen LogP contribution in [0.3, 0.4) is 0 Å². The normalized spacial score (nSPS) is 19.1. The van der Waals surface area contributed by atoms with Gasteiger partial charge in [0.25, 0.3) is 0 Å². The maximum atomic E-state index is 13.1. The molecule has 1 fully saturated rings. The fourth-order valence-electron chi connectivity index (χ4n) is 2.26. The van der Waals surface area contributed by atoms with Crippen molar-refractivity contribution >= 4 is 23.0 Å². The Balaban J connectivity index is 2.05. The molecule has 1 saturated carbocycles. The van der Waals surface area contributed by atoms with Gasteiger partial charge in [0.1, 0.15) is 10.8 Å². The van der Waals surface area contributed by atoms with Gasteiger partial charge in [-0.15, -0.1) is 0 Å². The van der Waals surface area contributed by atoms with Crippen LogP contribution in [-0.4, -0.2) is 21.9 Å². The number of thiocarbonyl (C=S) groups is 1. The number of aromatic nitrogens is 1. The first kappa shape index (κ1) is 14.1. The molecular weight excluding hydrogens is 268 g/mol. The lowest BCUT2D eigenvalue weighted by Crippen LogP contribution is -2.32. The molecule has 0 aliphatic heterocycles. The van der Waals surface area contributed by atoms with Crippen LogP contribution in [0.1, 0.15) is 36.9 Å². The molecule has 1 aliphatic rings. The predicted octanol–water partition coefficient (Wildman–Crippen LogP) is 3.01. The van der Waals surface area contributed by atoms with E-state index >= 15 is 0 Å². The summed E-state index contributed by atoms with van der Waals surface area (Å²) >= 11 is 4.90. The van der Waals surface area contributed by atoms with E-state index in [1.165, 1.54) is 0 Å². The summed E-state index contributed by atoms with van der Waals surface area (Å²) in [5, 5.41) is 3.20. The Hall–Kier alpha value is -1.30. The van der Waals surface area contributed by atoms with E-state index in [1.807, 2.05) is 19.1 Å². The summed E-state index contributed by atoms with van der Waals surface area (Å²) in [4.78, 5) is 4.54. The van der Waals surface area contributed by atoms with Gasteiger partial charge in [-0.3, -0.25) is 0 Å². The summed E-state index contributed by atoms with van der Waals surface area (Å²) in [6.07, 6.45) is 0.757. The quantitative estimate of drug-likeness (QED) is 0.838. The second-order valence-corrected chi connectivity index (χ2v) is 5.49. The third kappa shape index (κ3) is 3.83. The third-order valence-electron chi connectivity index (χ3n) is 3.29. The molecule has 2 rings (SSSR count). The number of alkyl halides is 2. The van der Waals surface area contributed by atoms with Crippen molar-refractivity contribution in [2.24, 2.45) is 5.73 Å². The van der Waals surface area contributed by atoms with Crippen molar-refractivity contribution in [3.8, 4) is 0 Å². The Kier molecular flexibility index (Phi) is 3.99. The Morgan fingerprint density at radius 3 is 2.63 bits per heavy atom. The molecule has 19 heavy (non-hydrogen) atoms. The Labute approximate surface area is 116 Å². The van der Waals surface area contributed by atoms with Crippen molar-refractivity contribution < 1.29 is 8.78 Å². The van der Waals surface area contributed by atoms with Crippen LogP contribution < -0.4 is 11.1 Å². The first-order chi connectivity index (χ1) is 8.85. The number of hydrogen-bond donors (Lipinski definition) is 2. The summed E-state index contributed by atoms with van der Waals surface area (Å²) in [6, 6.07) is 3.71. The summed E-state index contributed by atoms with van der Waals surface area (Å²) in [5.41, 5.74) is 7.10. The van der Waals surface area contributed by atoms with Gasteiger partial charge in [-0.25, -0.2) is 13.8 Å². The van der Waals surface area contributed by atoms with Crippen molar-refractivity contribution in [2.75, 3.05) is 5.32 Å². The number of hydrogen-bond acceptors (Lipinski definition) is 3. The van der Waals surface area contributed by atoms with E-state index in [0.29, 0.717) is 24.4 Å². The zero-order chi connectivity index (χ0) is 14.0. The molecule has 0 unspecified atom stereocenters. The van der Waals surface area contributed by atoms with Gasteiger partial charge in [0.05, 0.1) is 5.69 Å². The van der Waals surface area contributed by atoms with Gasteiger partial charge in [-0.2, -0.15) is 0 Å². The van der Waals surface area contributed by atoms with Crippen molar-refractivity contribution in [1.29, 1.82) is 0 Å². The van der Waals surface area contributed by atoms with E-state index in [0.717, 1.165) is 5.56 Å². The van der Waals surface area contributed by atoms with Gasteiger partial charge in [0.15, 0.2) is 0 Å². The van der Waals surface area contributed by atoms with Gasteiger partial charge >= 0.3 is 0 Å². The number of anilines is 1. The molecule has 1 aliphatic carbocycles. The lowest BCUT2D eigenvalue weighted by Gasteiger charge is -2.29. The first-order valence-electron chi connectivity index (χ1n) is 6.28. The third-order valence-corrected chi connectivity index (χ3v) is 3.50. The smallest absolute Gasteiger partial charge is 0.248 e. The van der Waals surface area contributed by atoms with Gasteiger partial charge < -0.3 is 11.1 Å². The summed E-state index contributed by atoms with van der Waals surface area (Å²) in [5.74, 6) is -1.86. The van der Waals surface area contributed by atoms with Crippen molar-refractivity contribution in [1.82, 2.24) is 4.98 Å². The number of nitrogens with zero attached hydrogens (tertiary/aromatic N) is 1.